The highest BCUT2D eigenvalue weighted by molar-refractivity contribution is 5.70. The summed E-state index contributed by atoms with van der Waals surface area (Å²) in [6, 6.07) is 10.2. The standard InChI is InChI=1S/C14H17N3/c1-10-4-3-5-13(15)14(10)17-11(2)12-6-8-16-9-7-12/h3-9,11,17H,15H2,1-2H3. The van der Waals surface area contributed by atoms with Crippen molar-refractivity contribution in [1.29, 1.82) is 0 Å². The van der Waals surface area contributed by atoms with Crippen LogP contribution in [0.2, 0.25) is 0 Å². The maximum Gasteiger partial charge on any atom is 0.0608 e. The summed E-state index contributed by atoms with van der Waals surface area (Å²) in [5.74, 6) is 0. The van der Waals surface area contributed by atoms with Crippen molar-refractivity contribution in [2.24, 2.45) is 0 Å². The molecule has 0 aliphatic rings. The Hall–Kier alpha value is -2.03. The lowest BCUT2D eigenvalue weighted by molar-refractivity contribution is 0.879. The van der Waals surface area contributed by atoms with Gasteiger partial charge in [-0.2, -0.15) is 0 Å². The number of benzene rings is 1. The number of nitrogens with one attached hydrogen (secondary N) is 1. The predicted molar refractivity (Wildman–Crippen MR) is 71.9 cm³/mol. The summed E-state index contributed by atoms with van der Waals surface area (Å²) in [5.41, 5.74) is 10.1. The number of para-hydroxylation sites is 1. The number of hydrogen-bond acceptors (Lipinski definition) is 3. The molecular formula is C14H17N3. The van der Waals surface area contributed by atoms with Crippen molar-refractivity contribution in [3.63, 3.8) is 0 Å². The molecule has 1 heterocycles. The van der Waals surface area contributed by atoms with Crippen LogP contribution < -0.4 is 11.1 Å². The summed E-state index contributed by atoms with van der Waals surface area (Å²) >= 11 is 0. The van der Waals surface area contributed by atoms with Crippen molar-refractivity contribution in [2.45, 2.75) is 19.9 Å². The fourth-order valence-corrected chi connectivity index (χ4v) is 1.84. The molecule has 0 saturated carbocycles. The highest BCUT2D eigenvalue weighted by atomic mass is 14.9. The van der Waals surface area contributed by atoms with Gasteiger partial charge in [-0.1, -0.05) is 12.1 Å². The SMILES string of the molecule is Cc1cccc(N)c1NC(C)c1ccncc1. The van der Waals surface area contributed by atoms with Crippen LogP contribution in [0, 0.1) is 6.92 Å². The Balaban J connectivity index is 2.22. The fourth-order valence-electron chi connectivity index (χ4n) is 1.84. The second-order valence-corrected chi connectivity index (χ2v) is 4.19. The quantitative estimate of drug-likeness (QED) is 0.792. The van der Waals surface area contributed by atoms with E-state index in [1.165, 1.54) is 5.56 Å². The van der Waals surface area contributed by atoms with Crippen LogP contribution in [0.1, 0.15) is 24.1 Å². The van der Waals surface area contributed by atoms with Crippen molar-refractivity contribution in [3.05, 3.63) is 53.9 Å². The van der Waals surface area contributed by atoms with Gasteiger partial charge in [0.15, 0.2) is 0 Å². The molecule has 1 aromatic carbocycles. The Bertz CT molecular complexity index is 474. The van der Waals surface area contributed by atoms with E-state index >= 15 is 0 Å². The number of aryl methyl sites for hydroxylation is 1. The van der Waals surface area contributed by atoms with E-state index in [1.54, 1.807) is 12.4 Å². The normalized spacial score (nSPS) is 12.1. The molecule has 0 bridgehead atoms. The molecule has 0 aliphatic carbocycles. The van der Waals surface area contributed by atoms with Crippen LogP contribution in [0.4, 0.5) is 11.4 Å². The number of pyridine rings is 1. The molecule has 0 spiro atoms. The van der Waals surface area contributed by atoms with Crippen LogP contribution in [0.5, 0.6) is 0 Å². The van der Waals surface area contributed by atoms with Gasteiger partial charge in [0.05, 0.1) is 11.4 Å². The second kappa shape index (κ2) is 4.87. The Morgan fingerprint density at radius 3 is 2.53 bits per heavy atom. The van der Waals surface area contributed by atoms with Crippen LogP contribution in [0.3, 0.4) is 0 Å². The predicted octanol–water partition coefficient (Wildman–Crippen LogP) is 3.15. The Morgan fingerprint density at radius 2 is 1.88 bits per heavy atom. The van der Waals surface area contributed by atoms with E-state index in [0.717, 1.165) is 16.9 Å². The molecule has 3 nitrogen and oxygen atoms in total. The molecule has 0 saturated heterocycles. The van der Waals surface area contributed by atoms with Crippen LogP contribution in [0.15, 0.2) is 42.7 Å². The van der Waals surface area contributed by atoms with Gasteiger partial charge in [-0.05, 0) is 43.2 Å². The molecule has 2 rings (SSSR count). The van der Waals surface area contributed by atoms with Gasteiger partial charge in [-0.15, -0.1) is 0 Å². The summed E-state index contributed by atoms with van der Waals surface area (Å²) in [5, 5.41) is 3.44. The minimum atomic E-state index is 0.210. The number of rotatable bonds is 3. The fraction of sp³-hybridized carbons (Fsp3) is 0.214. The monoisotopic (exact) mass is 227 g/mol. The highest BCUT2D eigenvalue weighted by Crippen LogP contribution is 2.27. The molecule has 0 amide bonds. The lowest BCUT2D eigenvalue weighted by Crippen LogP contribution is -2.09. The zero-order valence-corrected chi connectivity index (χ0v) is 10.1. The Labute approximate surface area is 102 Å². The minimum absolute atomic E-state index is 0.210. The van der Waals surface area contributed by atoms with Crippen molar-refractivity contribution in [1.82, 2.24) is 4.98 Å². The van der Waals surface area contributed by atoms with Crippen LogP contribution in [-0.4, -0.2) is 4.98 Å². The molecule has 1 unspecified atom stereocenters. The van der Waals surface area contributed by atoms with Crippen LogP contribution in [0.25, 0.3) is 0 Å². The van der Waals surface area contributed by atoms with Gasteiger partial charge in [0.25, 0.3) is 0 Å². The lowest BCUT2D eigenvalue weighted by atomic mass is 10.1. The number of nitrogens with zero attached hydrogens (tertiary/aromatic N) is 1. The first-order valence-corrected chi connectivity index (χ1v) is 5.70. The minimum Gasteiger partial charge on any atom is -0.397 e. The van der Waals surface area contributed by atoms with Gasteiger partial charge in [0, 0.05) is 18.4 Å². The van der Waals surface area contributed by atoms with E-state index in [-0.39, 0.29) is 6.04 Å². The summed E-state index contributed by atoms with van der Waals surface area (Å²) in [7, 11) is 0. The zero-order valence-electron chi connectivity index (χ0n) is 10.1. The summed E-state index contributed by atoms with van der Waals surface area (Å²) in [4.78, 5) is 4.02. The first kappa shape index (κ1) is 11.5. The number of hydrogen-bond donors (Lipinski definition) is 2. The third-order valence-corrected chi connectivity index (χ3v) is 2.87. The van der Waals surface area contributed by atoms with Crippen molar-refractivity contribution >= 4 is 11.4 Å². The highest BCUT2D eigenvalue weighted by Gasteiger charge is 2.08. The van der Waals surface area contributed by atoms with Gasteiger partial charge in [-0.3, -0.25) is 4.98 Å². The molecule has 2 aromatic rings. The van der Waals surface area contributed by atoms with E-state index in [4.69, 9.17) is 5.73 Å². The second-order valence-electron chi connectivity index (χ2n) is 4.19. The molecule has 0 aliphatic heterocycles. The zero-order chi connectivity index (χ0) is 12.3. The van der Waals surface area contributed by atoms with Gasteiger partial charge < -0.3 is 11.1 Å². The number of anilines is 2. The van der Waals surface area contributed by atoms with E-state index < -0.39 is 0 Å². The summed E-state index contributed by atoms with van der Waals surface area (Å²) < 4.78 is 0. The van der Waals surface area contributed by atoms with Gasteiger partial charge >= 0.3 is 0 Å². The van der Waals surface area contributed by atoms with Crippen molar-refractivity contribution in [3.8, 4) is 0 Å². The molecule has 3 heteroatoms. The molecule has 3 N–H and O–H groups in total. The topological polar surface area (TPSA) is 50.9 Å². The first-order chi connectivity index (χ1) is 8.18. The molecule has 0 radical (unpaired) electrons. The van der Waals surface area contributed by atoms with Gasteiger partial charge in [-0.25, -0.2) is 0 Å². The van der Waals surface area contributed by atoms with Crippen molar-refractivity contribution < 1.29 is 0 Å². The molecule has 17 heavy (non-hydrogen) atoms. The Morgan fingerprint density at radius 1 is 1.18 bits per heavy atom. The third-order valence-electron chi connectivity index (χ3n) is 2.87. The van der Waals surface area contributed by atoms with E-state index in [2.05, 4.69) is 30.2 Å². The van der Waals surface area contributed by atoms with Crippen molar-refractivity contribution in [2.75, 3.05) is 11.1 Å². The average molecular weight is 227 g/mol. The van der Waals surface area contributed by atoms with E-state index in [0.29, 0.717) is 0 Å². The van der Waals surface area contributed by atoms with Gasteiger partial charge in [0.2, 0.25) is 0 Å². The largest absolute Gasteiger partial charge is 0.397 e. The molecular weight excluding hydrogens is 210 g/mol. The lowest BCUT2D eigenvalue weighted by Gasteiger charge is -2.18. The number of nitrogen functional groups attached to an aromatic ring is 1. The van der Waals surface area contributed by atoms with E-state index in [9.17, 15) is 0 Å². The maximum absolute atomic E-state index is 5.97. The van der Waals surface area contributed by atoms with Crippen LogP contribution >= 0.6 is 0 Å². The van der Waals surface area contributed by atoms with E-state index in [1.807, 2.05) is 24.3 Å². The average Bonchev–Trinajstić information content (AvgIpc) is 2.35. The third kappa shape index (κ3) is 2.56. The Kier molecular flexibility index (Phi) is 3.28. The maximum atomic E-state index is 5.97. The van der Waals surface area contributed by atoms with Crippen LogP contribution in [-0.2, 0) is 0 Å². The summed E-state index contributed by atoms with van der Waals surface area (Å²) in [6.45, 7) is 4.17. The number of nitrogens with two attached hydrogens (primary N) is 1. The molecule has 1 aromatic heterocycles. The smallest absolute Gasteiger partial charge is 0.0608 e. The molecule has 0 fully saturated rings. The molecule has 88 valence electrons. The van der Waals surface area contributed by atoms with Gasteiger partial charge in [0.1, 0.15) is 0 Å². The number of aromatic nitrogens is 1. The first-order valence-electron chi connectivity index (χ1n) is 5.70. The molecule has 1 atom stereocenters. The summed E-state index contributed by atoms with van der Waals surface area (Å²) in [6.07, 6.45) is 3.60.